The SMILES string of the molecule is Fc1cccc(OCc2ccc(Cl)cc2)c1OCc1ccc(Cl)cc1. The molecule has 5 heteroatoms. The number of ether oxygens (including phenoxy) is 2. The summed E-state index contributed by atoms with van der Waals surface area (Å²) in [6.45, 7) is 0.507. The van der Waals surface area contributed by atoms with E-state index in [2.05, 4.69) is 0 Å². The lowest BCUT2D eigenvalue weighted by Gasteiger charge is -2.14. The zero-order valence-corrected chi connectivity index (χ0v) is 14.7. The minimum absolute atomic E-state index is 0.0893. The van der Waals surface area contributed by atoms with Gasteiger partial charge < -0.3 is 9.47 Å². The van der Waals surface area contributed by atoms with Crippen LogP contribution < -0.4 is 9.47 Å². The van der Waals surface area contributed by atoms with Crippen LogP contribution in [0.2, 0.25) is 10.0 Å². The van der Waals surface area contributed by atoms with E-state index in [1.807, 2.05) is 24.3 Å². The third-order valence-corrected chi connectivity index (χ3v) is 4.04. The van der Waals surface area contributed by atoms with E-state index in [9.17, 15) is 4.39 Å². The van der Waals surface area contributed by atoms with E-state index in [-0.39, 0.29) is 19.0 Å². The molecule has 0 bridgehead atoms. The fourth-order valence-corrected chi connectivity index (χ4v) is 2.47. The van der Waals surface area contributed by atoms with Gasteiger partial charge >= 0.3 is 0 Å². The Kier molecular flexibility index (Phi) is 5.79. The smallest absolute Gasteiger partial charge is 0.197 e. The van der Waals surface area contributed by atoms with Crippen LogP contribution >= 0.6 is 23.2 Å². The first-order valence-corrected chi connectivity index (χ1v) is 8.40. The summed E-state index contributed by atoms with van der Waals surface area (Å²) >= 11 is 11.7. The summed E-state index contributed by atoms with van der Waals surface area (Å²) in [6, 6.07) is 19.1. The molecule has 3 aromatic rings. The molecule has 0 saturated carbocycles. The molecule has 0 aliphatic rings. The molecule has 0 N–H and O–H groups in total. The predicted molar refractivity (Wildman–Crippen MR) is 98.0 cm³/mol. The Bertz CT molecular complexity index is 833. The summed E-state index contributed by atoms with van der Waals surface area (Å²) in [7, 11) is 0. The minimum Gasteiger partial charge on any atom is -0.485 e. The number of halogens is 3. The average molecular weight is 377 g/mol. The Labute approximate surface area is 155 Å². The first-order chi connectivity index (χ1) is 12.1. The van der Waals surface area contributed by atoms with Crippen molar-refractivity contribution in [2.45, 2.75) is 13.2 Å². The molecule has 0 amide bonds. The largest absolute Gasteiger partial charge is 0.485 e. The van der Waals surface area contributed by atoms with Crippen molar-refractivity contribution in [1.82, 2.24) is 0 Å². The van der Waals surface area contributed by atoms with Crippen LogP contribution in [0, 0.1) is 5.82 Å². The van der Waals surface area contributed by atoms with Gasteiger partial charge in [0.05, 0.1) is 0 Å². The van der Waals surface area contributed by atoms with Crippen LogP contribution in [0.5, 0.6) is 11.5 Å². The summed E-state index contributed by atoms with van der Waals surface area (Å²) in [5.41, 5.74) is 1.81. The maximum absolute atomic E-state index is 14.2. The van der Waals surface area contributed by atoms with Gasteiger partial charge in [-0.1, -0.05) is 53.5 Å². The van der Waals surface area contributed by atoms with Gasteiger partial charge in [0.15, 0.2) is 17.3 Å². The summed E-state index contributed by atoms with van der Waals surface area (Å²) in [4.78, 5) is 0. The molecule has 0 unspecified atom stereocenters. The van der Waals surface area contributed by atoms with Crippen molar-refractivity contribution in [1.29, 1.82) is 0 Å². The third kappa shape index (κ3) is 4.88. The van der Waals surface area contributed by atoms with Crippen LogP contribution in [0.25, 0.3) is 0 Å². The number of rotatable bonds is 6. The molecule has 3 aromatic carbocycles. The first kappa shape index (κ1) is 17.6. The van der Waals surface area contributed by atoms with Crippen LogP contribution in [0.4, 0.5) is 4.39 Å². The van der Waals surface area contributed by atoms with Crippen molar-refractivity contribution in [2.75, 3.05) is 0 Å². The molecule has 0 heterocycles. The molecule has 0 aromatic heterocycles. The highest BCUT2D eigenvalue weighted by Gasteiger charge is 2.12. The molecular weight excluding hydrogens is 362 g/mol. The van der Waals surface area contributed by atoms with E-state index < -0.39 is 5.82 Å². The molecule has 128 valence electrons. The van der Waals surface area contributed by atoms with Crippen molar-refractivity contribution in [3.05, 3.63) is 93.7 Å². The summed E-state index contributed by atoms with van der Waals surface area (Å²) in [5, 5.41) is 1.29. The quantitative estimate of drug-likeness (QED) is 0.503. The molecule has 0 atom stereocenters. The number of hydrogen-bond acceptors (Lipinski definition) is 2. The molecule has 0 spiro atoms. The van der Waals surface area contributed by atoms with Gasteiger partial charge in [0, 0.05) is 10.0 Å². The van der Waals surface area contributed by atoms with E-state index in [4.69, 9.17) is 32.7 Å². The lowest BCUT2D eigenvalue weighted by molar-refractivity contribution is 0.245. The van der Waals surface area contributed by atoms with Gasteiger partial charge in [0.1, 0.15) is 13.2 Å². The molecule has 3 rings (SSSR count). The van der Waals surface area contributed by atoms with Gasteiger partial charge in [-0.05, 0) is 47.5 Å². The zero-order valence-electron chi connectivity index (χ0n) is 13.2. The maximum atomic E-state index is 14.2. The van der Waals surface area contributed by atoms with Gasteiger partial charge in [-0.15, -0.1) is 0 Å². The zero-order chi connectivity index (χ0) is 17.6. The van der Waals surface area contributed by atoms with Gasteiger partial charge in [0.2, 0.25) is 0 Å². The second-order valence-corrected chi connectivity index (χ2v) is 6.27. The highest BCUT2D eigenvalue weighted by molar-refractivity contribution is 6.30. The summed E-state index contributed by atoms with van der Waals surface area (Å²) < 4.78 is 25.5. The highest BCUT2D eigenvalue weighted by Crippen LogP contribution is 2.31. The fourth-order valence-electron chi connectivity index (χ4n) is 2.22. The van der Waals surface area contributed by atoms with Crippen LogP contribution in [-0.4, -0.2) is 0 Å². The van der Waals surface area contributed by atoms with Crippen LogP contribution in [-0.2, 0) is 13.2 Å². The van der Waals surface area contributed by atoms with E-state index in [1.165, 1.54) is 6.07 Å². The number of hydrogen-bond donors (Lipinski definition) is 0. The molecule has 2 nitrogen and oxygen atoms in total. The van der Waals surface area contributed by atoms with Gasteiger partial charge in [-0.2, -0.15) is 0 Å². The van der Waals surface area contributed by atoms with Crippen molar-refractivity contribution in [3.63, 3.8) is 0 Å². The van der Waals surface area contributed by atoms with E-state index in [0.29, 0.717) is 15.8 Å². The summed E-state index contributed by atoms with van der Waals surface area (Å²) in [5.74, 6) is -0.0297. The Morgan fingerprint density at radius 1 is 0.680 bits per heavy atom. The maximum Gasteiger partial charge on any atom is 0.197 e. The van der Waals surface area contributed by atoms with Gasteiger partial charge in [-0.25, -0.2) is 4.39 Å². The van der Waals surface area contributed by atoms with Crippen molar-refractivity contribution in [2.24, 2.45) is 0 Å². The van der Waals surface area contributed by atoms with Gasteiger partial charge in [0.25, 0.3) is 0 Å². The molecule has 0 saturated heterocycles. The highest BCUT2D eigenvalue weighted by atomic mass is 35.5. The first-order valence-electron chi connectivity index (χ1n) is 7.65. The Morgan fingerprint density at radius 3 is 1.76 bits per heavy atom. The second kappa shape index (κ2) is 8.24. The topological polar surface area (TPSA) is 18.5 Å². The Hall–Kier alpha value is -2.23. The van der Waals surface area contributed by atoms with Crippen molar-refractivity contribution < 1.29 is 13.9 Å². The Morgan fingerprint density at radius 2 is 1.20 bits per heavy atom. The molecule has 0 radical (unpaired) electrons. The molecule has 0 fully saturated rings. The van der Waals surface area contributed by atoms with Crippen LogP contribution in [0.1, 0.15) is 11.1 Å². The molecule has 0 aliphatic heterocycles. The fraction of sp³-hybridized carbons (Fsp3) is 0.100. The van der Waals surface area contributed by atoms with Crippen LogP contribution in [0.3, 0.4) is 0 Å². The standard InChI is InChI=1S/C20H15Cl2FO2/c21-16-8-4-14(5-9-16)12-24-19-3-1-2-18(23)20(19)25-13-15-6-10-17(22)11-7-15/h1-11H,12-13H2. The van der Waals surface area contributed by atoms with Crippen molar-refractivity contribution >= 4 is 23.2 Å². The van der Waals surface area contributed by atoms with E-state index >= 15 is 0 Å². The van der Waals surface area contributed by atoms with E-state index in [0.717, 1.165) is 11.1 Å². The molecule has 0 aliphatic carbocycles. The summed E-state index contributed by atoms with van der Waals surface area (Å²) in [6.07, 6.45) is 0. The second-order valence-electron chi connectivity index (χ2n) is 5.40. The normalized spacial score (nSPS) is 10.5. The average Bonchev–Trinajstić information content (AvgIpc) is 2.62. The number of para-hydroxylation sites is 1. The lowest BCUT2D eigenvalue weighted by Crippen LogP contribution is -2.02. The number of benzene rings is 3. The molecular formula is C20H15Cl2FO2. The minimum atomic E-state index is -0.470. The van der Waals surface area contributed by atoms with E-state index in [1.54, 1.807) is 36.4 Å². The Balaban J connectivity index is 1.70. The molecule has 25 heavy (non-hydrogen) atoms. The van der Waals surface area contributed by atoms with Crippen molar-refractivity contribution in [3.8, 4) is 11.5 Å². The van der Waals surface area contributed by atoms with Crippen LogP contribution in [0.15, 0.2) is 66.7 Å². The third-order valence-electron chi connectivity index (χ3n) is 3.53. The predicted octanol–water partition coefficient (Wildman–Crippen LogP) is 6.29. The lowest BCUT2D eigenvalue weighted by atomic mass is 10.2. The monoisotopic (exact) mass is 376 g/mol. The van der Waals surface area contributed by atoms with Gasteiger partial charge in [-0.3, -0.25) is 0 Å².